The van der Waals surface area contributed by atoms with E-state index in [0.717, 1.165) is 5.56 Å². The van der Waals surface area contributed by atoms with Crippen molar-refractivity contribution in [1.29, 1.82) is 0 Å². The number of amides is 1. The van der Waals surface area contributed by atoms with Crippen LogP contribution >= 0.6 is 0 Å². The van der Waals surface area contributed by atoms with Crippen LogP contribution in [0.3, 0.4) is 0 Å². The first-order valence-electron chi connectivity index (χ1n) is 7.11. The molecule has 21 heavy (non-hydrogen) atoms. The van der Waals surface area contributed by atoms with Crippen LogP contribution in [0.15, 0.2) is 48.5 Å². The highest BCUT2D eigenvalue weighted by Gasteiger charge is 2.14. The predicted molar refractivity (Wildman–Crippen MR) is 84.3 cm³/mol. The lowest BCUT2D eigenvalue weighted by Crippen LogP contribution is -2.35. The van der Waals surface area contributed by atoms with E-state index in [4.69, 9.17) is 4.74 Å². The van der Waals surface area contributed by atoms with Gasteiger partial charge >= 0.3 is 0 Å². The van der Waals surface area contributed by atoms with Gasteiger partial charge in [0.25, 0.3) is 5.91 Å². The van der Waals surface area contributed by atoms with Crippen molar-refractivity contribution in [3.8, 4) is 5.75 Å². The van der Waals surface area contributed by atoms with Crippen molar-refractivity contribution in [2.45, 2.75) is 33.4 Å². The van der Waals surface area contributed by atoms with E-state index in [1.807, 2.05) is 62.4 Å². The van der Waals surface area contributed by atoms with Gasteiger partial charge in [-0.3, -0.25) is 4.79 Å². The smallest absolute Gasteiger partial charge is 0.261 e. The molecule has 0 aliphatic carbocycles. The largest absolute Gasteiger partial charge is 0.481 e. The predicted octanol–water partition coefficient (Wildman–Crippen LogP) is 3.39. The van der Waals surface area contributed by atoms with Gasteiger partial charge in [0.2, 0.25) is 0 Å². The van der Waals surface area contributed by atoms with Crippen molar-refractivity contribution in [2.24, 2.45) is 0 Å². The fourth-order valence-electron chi connectivity index (χ4n) is 1.91. The molecule has 0 radical (unpaired) electrons. The van der Waals surface area contributed by atoms with Gasteiger partial charge < -0.3 is 10.1 Å². The monoisotopic (exact) mass is 283 g/mol. The van der Waals surface area contributed by atoms with Crippen molar-refractivity contribution in [2.75, 3.05) is 0 Å². The zero-order valence-electron chi connectivity index (χ0n) is 12.7. The van der Waals surface area contributed by atoms with Gasteiger partial charge in [-0.15, -0.1) is 0 Å². The Morgan fingerprint density at radius 3 is 2.10 bits per heavy atom. The molecule has 1 unspecified atom stereocenters. The SMILES string of the molecule is Cc1ccc(CNC(=O)C(C)Oc2ccc(C)cc2)cc1. The zero-order valence-corrected chi connectivity index (χ0v) is 12.7. The van der Waals surface area contributed by atoms with Crippen LogP contribution in [-0.4, -0.2) is 12.0 Å². The Morgan fingerprint density at radius 2 is 1.52 bits per heavy atom. The van der Waals surface area contributed by atoms with Crippen LogP contribution < -0.4 is 10.1 Å². The van der Waals surface area contributed by atoms with E-state index in [1.165, 1.54) is 11.1 Å². The maximum Gasteiger partial charge on any atom is 0.261 e. The number of carbonyl (C=O) groups excluding carboxylic acids is 1. The maximum atomic E-state index is 12.0. The van der Waals surface area contributed by atoms with Gasteiger partial charge in [0.05, 0.1) is 0 Å². The van der Waals surface area contributed by atoms with Crippen molar-refractivity contribution in [3.63, 3.8) is 0 Å². The molecule has 3 heteroatoms. The Labute approximate surface area is 126 Å². The molecule has 3 nitrogen and oxygen atoms in total. The first-order valence-corrected chi connectivity index (χ1v) is 7.11. The molecule has 0 aliphatic rings. The fourth-order valence-corrected chi connectivity index (χ4v) is 1.91. The molecular formula is C18H21NO2. The molecule has 1 N–H and O–H groups in total. The van der Waals surface area contributed by atoms with Gasteiger partial charge in [-0.05, 0) is 38.5 Å². The van der Waals surface area contributed by atoms with Crippen LogP contribution in [0.4, 0.5) is 0 Å². The van der Waals surface area contributed by atoms with Crippen LogP contribution in [0.5, 0.6) is 5.75 Å². The number of hydrogen-bond donors (Lipinski definition) is 1. The Morgan fingerprint density at radius 1 is 1.00 bits per heavy atom. The van der Waals surface area contributed by atoms with Crippen LogP contribution in [0.1, 0.15) is 23.6 Å². The minimum Gasteiger partial charge on any atom is -0.481 e. The molecule has 2 rings (SSSR count). The number of carbonyl (C=O) groups is 1. The van der Waals surface area contributed by atoms with Crippen molar-refractivity contribution < 1.29 is 9.53 Å². The number of ether oxygens (including phenoxy) is 1. The summed E-state index contributed by atoms with van der Waals surface area (Å²) in [6.45, 7) is 6.33. The molecule has 0 heterocycles. The van der Waals surface area contributed by atoms with Gasteiger partial charge in [0.1, 0.15) is 5.75 Å². The number of nitrogens with one attached hydrogen (secondary N) is 1. The van der Waals surface area contributed by atoms with Crippen molar-refractivity contribution in [3.05, 3.63) is 65.2 Å². The molecule has 0 saturated carbocycles. The molecule has 110 valence electrons. The van der Waals surface area contributed by atoms with Crippen LogP contribution in [-0.2, 0) is 11.3 Å². The summed E-state index contributed by atoms with van der Waals surface area (Å²) in [5.41, 5.74) is 3.46. The average molecular weight is 283 g/mol. The van der Waals surface area contributed by atoms with Gasteiger partial charge in [-0.2, -0.15) is 0 Å². The summed E-state index contributed by atoms with van der Waals surface area (Å²) in [7, 11) is 0. The number of aryl methyl sites for hydroxylation is 2. The molecule has 0 spiro atoms. The molecule has 0 fully saturated rings. The summed E-state index contributed by atoms with van der Waals surface area (Å²) in [4.78, 5) is 12.0. The molecule has 2 aromatic rings. The highest BCUT2D eigenvalue weighted by Crippen LogP contribution is 2.13. The van der Waals surface area contributed by atoms with E-state index >= 15 is 0 Å². The number of hydrogen-bond acceptors (Lipinski definition) is 2. The highest BCUT2D eigenvalue weighted by molar-refractivity contribution is 5.80. The van der Waals surface area contributed by atoms with Crippen molar-refractivity contribution >= 4 is 5.91 Å². The summed E-state index contributed by atoms with van der Waals surface area (Å²) in [5.74, 6) is 0.592. The van der Waals surface area contributed by atoms with Gasteiger partial charge in [-0.1, -0.05) is 47.5 Å². The Hall–Kier alpha value is -2.29. The van der Waals surface area contributed by atoms with Gasteiger partial charge in [-0.25, -0.2) is 0 Å². The molecule has 0 bridgehead atoms. The third-order valence-electron chi connectivity index (χ3n) is 3.29. The first kappa shape index (κ1) is 15.1. The molecule has 0 aliphatic heterocycles. The summed E-state index contributed by atoms with van der Waals surface area (Å²) in [6, 6.07) is 15.8. The number of benzene rings is 2. The second kappa shape index (κ2) is 6.93. The van der Waals surface area contributed by atoms with E-state index < -0.39 is 6.10 Å². The van der Waals surface area contributed by atoms with E-state index in [-0.39, 0.29) is 5.91 Å². The lowest BCUT2D eigenvalue weighted by molar-refractivity contribution is -0.127. The quantitative estimate of drug-likeness (QED) is 0.913. The Balaban J connectivity index is 1.84. The number of rotatable bonds is 5. The molecule has 2 aromatic carbocycles. The minimum atomic E-state index is -0.516. The van der Waals surface area contributed by atoms with Crippen LogP contribution in [0.2, 0.25) is 0 Å². The maximum absolute atomic E-state index is 12.0. The average Bonchev–Trinajstić information content (AvgIpc) is 2.48. The van der Waals surface area contributed by atoms with E-state index in [2.05, 4.69) is 5.32 Å². The zero-order chi connectivity index (χ0) is 15.2. The first-order chi connectivity index (χ1) is 10.0. The topological polar surface area (TPSA) is 38.3 Å². The van der Waals surface area contributed by atoms with E-state index in [1.54, 1.807) is 6.92 Å². The summed E-state index contributed by atoms with van der Waals surface area (Å²) in [5, 5.41) is 2.89. The van der Waals surface area contributed by atoms with E-state index in [9.17, 15) is 4.79 Å². The van der Waals surface area contributed by atoms with Crippen LogP contribution in [0.25, 0.3) is 0 Å². The third kappa shape index (κ3) is 4.63. The molecule has 0 aromatic heterocycles. The molecule has 1 amide bonds. The second-order valence-electron chi connectivity index (χ2n) is 5.28. The third-order valence-corrected chi connectivity index (χ3v) is 3.29. The van der Waals surface area contributed by atoms with Gasteiger partial charge in [0, 0.05) is 6.54 Å². The normalized spacial score (nSPS) is 11.8. The van der Waals surface area contributed by atoms with Gasteiger partial charge in [0.15, 0.2) is 6.10 Å². The Kier molecular flexibility index (Phi) is 4.99. The Bertz CT molecular complexity index is 588. The highest BCUT2D eigenvalue weighted by atomic mass is 16.5. The summed E-state index contributed by atoms with van der Waals surface area (Å²) >= 11 is 0. The van der Waals surface area contributed by atoms with E-state index in [0.29, 0.717) is 12.3 Å². The summed E-state index contributed by atoms with van der Waals surface area (Å²) < 4.78 is 5.63. The summed E-state index contributed by atoms with van der Waals surface area (Å²) in [6.07, 6.45) is -0.516. The molecule has 0 saturated heterocycles. The minimum absolute atomic E-state index is 0.115. The lowest BCUT2D eigenvalue weighted by Gasteiger charge is -2.15. The molecular weight excluding hydrogens is 262 g/mol. The van der Waals surface area contributed by atoms with Crippen LogP contribution in [0, 0.1) is 13.8 Å². The van der Waals surface area contributed by atoms with Crippen molar-refractivity contribution in [1.82, 2.24) is 5.32 Å². The fraction of sp³-hybridized carbons (Fsp3) is 0.278. The molecule has 1 atom stereocenters. The standard InChI is InChI=1S/C18H21NO2/c1-13-4-8-16(9-5-13)12-19-18(20)15(3)21-17-10-6-14(2)7-11-17/h4-11,15H,12H2,1-3H3,(H,19,20). The second-order valence-corrected chi connectivity index (χ2v) is 5.28. The lowest BCUT2D eigenvalue weighted by atomic mass is 10.1.